The number of esters is 2. The summed E-state index contributed by atoms with van der Waals surface area (Å²) in [7, 11) is 0. The summed E-state index contributed by atoms with van der Waals surface area (Å²) >= 11 is 0. The van der Waals surface area contributed by atoms with E-state index in [-0.39, 0.29) is 10.8 Å². The van der Waals surface area contributed by atoms with Gasteiger partial charge in [-0.1, -0.05) is 90.1 Å². The predicted molar refractivity (Wildman–Crippen MR) is 134 cm³/mol. The molecule has 2 aromatic rings. The van der Waals surface area contributed by atoms with E-state index in [9.17, 15) is 9.59 Å². The van der Waals surface area contributed by atoms with Gasteiger partial charge in [-0.05, 0) is 24.7 Å². The second-order valence-corrected chi connectivity index (χ2v) is 10.5. The summed E-state index contributed by atoms with van der Waals surface area (Å²) in [6.07, 6.45) is 2.75. The number of carbonyl (C=O) groups excluding carboxylic acids is 2. The fourth-order valence-electron chi connectivity index (χ4n) is 3.80. The van der Waals surface area contributed by atoms with E-state index in [4.69, 9.17) is 9.47 Å². The number of ether oxygens (including phenoxy) is 2. The van der Waals surface area contributed by atoms with E-state index in [2.05, 4.69) is 54.7 Å². The molecule has 2 rings (SSSR count). The normalized spacial score (nSPS) is 11.6. The molecule has 2 aromatic carbocycles. The smallest absolute Gasteiger partial charge is 0.335 e. The van der Waals surface area contributed by atoms with Crippen LogP contribution in [0.15, 0.2) is 49.6 Å². The van der Waals surface area contributed by atoms with Gasteiger partial charge in [0.05, 0.1) is 0 Å². The van der Waals surface area contributed by atoms with Crippen LogP contribution in [0.4, 0.5) is 0 Å². The van der Waals surface area contributed by atoms with Crippen LogP contribution >= 0.6 is 0 Å². The number of hydrogen-bond acceptors (Lipinski definition) is 4. The van der Waals surface area contributed by atoms with Crippen LogP contribution in [0, 0.1) is 13.8 Å². The van der Waals surface area contributed by atoms with Gasteiger partial charge in [0.25, 0.3) is 0 Å². The van der Waals surface area contributed by atoms with Crippen molar-refractivity contribution in [3.05, 3.63) is 83.0 Å². The van der Waals surface area contributed by atoms with E-state index < -0.39 is 11.9 Å². The highest BCUT2D eigenvalue weighted by Gasteiger charge is 2.27. The fourth-order valence-corrected chi connectivity index (χ4v) is 3.80. The third-order valence-electron chi connectivity index (χ3n) is 5.36. The Bertz CT molecular complexity index is 1000. The monoisotopic (exact) mass is 448 g/mol. The Kier molecular flexibility index (Phi) is 7.74. The Morgan fingerprint density at radius 1 is 0.727 bits per heavy atom. The third kappa shape index (κ3) is 6.44. The molecule has 0 heterocycles. The Labute approximate surface area is 198 Å². The minimum absolute atomic E-state index is 0.251. The minimum Gasteiger partial charge on any atom is -0.423 e. The van der Waals surface area contributed by atoms with Crippen LogP contribution < -0.4 is 9.47 Å². The van der Waals surface area contributed by atoms with Crippen molar-refractivity contribution in [1.29, 1.82) is 0 Å². The number of benzene rings is 2. The van der Waals surface area contributed by atoms with Crippen LogP contribution in [0.3, 0.4) is 0 Å². The lowest BCUT2D eigenvalue weighted by atomic mass is 9.81. The molecule has 0 aliphatic rings. The van der Waals surface area contributed by atoms with Crippen molar-refractivity contribution in [2.75, 3.05) is 0 Å². The van der Waals surface area contributed by atoms with Crippen LogP contribution in [0.25, 0.3) is 0 Å². The Hall–Kier alpha value is -3.14. The van der Waals surface area contributed by atoms with E-state index in [0.717, 1.165) is 45.5 Å². The number of aryl methyl sites for hydroxylation is 2. The van der Waals surface area contributed by atoms with Crippen LogP contribution in [0.5, 0.6) is 11.5 Å². The van der Waals surface area contributed by atoms with Crippen molar-refractivity contribution in [2.24, 2.45) is 0 Å². The van der Waals surface area contributed by atoms with Gasteiger partial charge in [-0.15, -0.1) is 0 Å². The lowest BCUT2D eigenvalue weighted by Gasteiger charge is -2.27. The van der Waals surface area contributed by atoms with Crippen molar-refractivity contribution >= 4 is 11.9 Å². The SMILES string of the molecule is C=CC(=O)Oc1c(Cc2cc(C)cc(C(C)(C)C)c2OC(=O)C=C)cc(C)cc1C(C)(C)C. The Morgan fingerprint density at radius 2 is 1.06 bits per heavy atom. The average molecular weight is 449 g/mol. The molecule has 0 aliphatic heterocycles. The summed E-state index contributed by atoms with van der Waals surface area (Å²) < 4.78 is 11.5. The second-order valence-electron chi connectivity index (χ2n) is 10.5. The standard InChI is InChI=1S/C29H36O4/c1-11-24(30)32-26-20(13-18(3)15-22(26)28(5,6)7)17-21-14-19(4)16-23(29(8,9)10)27(21)33-25(31)12-2/h11-16H,1-2,17H2,3-10H3. The molecule has 4 nitrogen and oxygen atoms in total. The fraction of sp³-hybridized carbons (Fsp3) is 0.379. The van der Waals surface area contributed by atoms with Gasteiger partial charge in [0.2, 0.25) is 0 Å². The molecule has 0 aliphatic carbocycles. The Morgan fingerprint density at radius 3 is 1.33 bits per heavy atom. The predicted octanol–water partition coefficient (Wildman–Crippen LogP) is 6.67. The van der Waals surface area contributed by atoms with E-state index in [1.165, 1.54) is 0 Å². The van der Waals surface area contributed by atoms with E-state index in [0.29, 0.717) is 17.9 Å². The summed E-state index contributed by atoms with van der Waals surface area (Å²) in [6, 6.07) is 8.12. The zero-order valence-electron chi connectivity index (χ0n) is 21.2. The first-order valence-electron chi connectivity index (χ1n) is 11.1. The maximum absolute atomic E-state index is 12.2. The molecule has 0 unspecified atom stereocenters. The van der Waals surface area contributed by atoms with Gasteiger partial charge in [-0.3, -0.25) is 0 Å². The average Bonchev–Trinajstić information content (AvgIpc) is 2.69. The van der Waals surface area contributed by atoms with E-state index in [1.54, 1.807) is 0 Å². The molecule has 4 heteroatoms. The quantitative estimate of drug-likeness (QED) is 0.281. The number of carbonyl (C=O) groups is 2. The molecule has 0 radical (unpaired) electrons. The second kappa shape index (κ2) is 9.78. The van der Waals surface area contributed by atoms with Gasteiger partial charge in [0.15, 0.2) is 0 Å². The molecule has 0 N–H and O–H groups in total. The van der Waals surface area contributed by atoms with Gasteiger partial charge >= 0.3 is 11.9 Å². The highest BCUT2D eigenvalue weighted by atomic mass is 16.5. The molecule has 0 saturated heterocycles. The molecule has 0 atom stereocenters. The van der Waals surface area contributed by atoms with Crippen molar-refractivity contribution in [1.82, 2.24) is 0 Å². The molecule has 0 fully saturated rings. The van der Waals surface area contributed by atoms with Crippen LogP contribution in [-0.2, 0) is 26.8 Å². The molecular weight excluding hydrogens is 412 g/mol. The highest BCUT2D eigenvalue weighted by Crippen LogP contribution is 2.40. The van der Waals surface area contributed by atoms with E-state index in [1.807, 2.05) is 38.1 Å². The molecule has 176 valence electrons. The van der Waals surface area contributed by atoms with Crippen molar-refractivity contribution in [2.45, 2.75) is 72.6 Å². The van der Waals surface area contributed by atoms with Crippen molar-refractivity contribution in [3.8, 4) is 11.5 Å². The number of hydrogen-bond donors (Lipinski definition) is 0. The molecule has 0 amide bonds. The van der Waals surface area contributed by atoms with Crippen LogP contribution in [-0.4, -0.2) is 11.9 Å². The highest BCUT2D eigenvalue weighted by molar-refractivity contribution is 5.85. The topological polar surface area (TPSA) is 52.6 Å². The summed E-state index contributed by atoms with van der Waals surface area (Å²) in [5.74, 6) is 0.0303. The van der Waals surface area contributed by atoms with Crippen LogP contribution in [0.2, 0.25) is 0 Å². The first kappa shape index (κ1) is 26.1. The molecule has 0 spiro atoms. The van der Waals surface area contributed by atoms with Gasteiger partial charge in [0, 0.05) is 40.8 Å². The van der Waals surface area contributed by atoms with Gasteiger partial charge in [-0.2, -0.15) is 0 Å². The molecular formula is C29H36O4. The molecule has 33 heavy (non-hydrogen) atoms. The Balaban J connectivity index is 2.81. The van der Waals surface area contributed by atoms with E-state index >= 15 is 0 Å². The molecule has 0 bridgehead atoms. The van der Waals surface area contributed by atoms with Crippen molar-refractivity contribution < 1.29 is 19.1 Å². The zero-order chi connectivity index (χ0) is 25.1. The summed E-state index contributed by atoms with van der Waals surface area (Å²) in [5, 5.41) is 0. The zero-order valence-corrected chi connectivity index (χ0v) is 21.2. The molecule has 0 saturated carbocycles. The third-order valence-corrected chi connectivity index (χ3v) is 5.36. The minimum atomic E-state index is -0.511. The van der Waals surface area contributed by atoms with Gasteiger partial charge < -0.3 is 9.47 Å². The first-order chi connectivity index (χ1) is 15.2. The van der Waals surface area contributed by atoms with Crippen molar-refractivity contribution in [3.63, 3.8) is 0 Å². The largest absolute Gasteiger partial charge is 0.423 e. The summed E-state index contributed by atoms with van der Waals surface area (Å²) in [6.45, 7) is 23.6. The lowest BCUT2D eigenvalue weighted by Crippen LogP contribution is -2.19. The molecule has 0 aromatic heterocycles. The maximum atomic E-state index is 12.2. The first-order valence-corrected chi connectivity index (χ1v) is 11.1. The lowest BCUT2D eigenvalue weighted by molar-refractivity contribution is -0.129. The van der Waals surface area contributed by atoms with Gasteiger partial charge in [-0.25, -0.2) is 9.59 Å². The maximum Gasteiger partial charge on any atom is 0.335 e. The number of rotatable bonds is 6. The van der Waals surface area contributed by atoms with Crippen LogP contribution in [0.1, 0.15) is 74.9 Å². The van der Waals surface area contributed by atoms with Gasteiger partial charge in [0.1, 0.15) is 11.5 Å². The summed E-state index contributed by atoms with van der Waals surface area (Å²) in [4.78, 5) is 24.4. The summed E-state index contributed by atoms with van der Waals surface area (Å²) in [5.41, 5.74) is 5.16.